The Labute approximate surface area is 125 Å². The van der Waals surface area contributed by atoms with Crippen molar-refractivity contribution in [2.75, 3.05) is 13.2 Å². The number of amides is 1. The van der Waals surface area contributed by atoms with E-state index in [2.05, 4.69) is 0 Å². The molecule has 2 rings (SSSR count). The maximum absolute atomic E-state index is 12.6. The van der Waals surface area contributed by atoms with Crippen LogP contribution in [0.5, 0.6) is 0 Å². The fourth-order valence-electron chi connectivity index (χ4n) is 2.38. The molecule has 1 amide bonds. The number of aliphatic hydroxyl groups excluding tert-OH is 1. The highest BCUT2D eigenvalue weighted by molar-refractivity contribution is 5.93. The van der Waals surface area contributed by atoms with Gasteiger partial charge < -0.3 is 14.6 Å². The summed E-state index contributed by atoms with van der Waals surface area (Å²) in [5.41, 5.74) is 1.81. The van der Waals surface area contributed by atoms with Crippen LogP contribution in [0.25, 0.3) is 0 Å². The van der Waals surface area contributed by atoms with Crippen LogP contribution in [0.2, 0.25) is 0 Å². The Morgan fingerprint density at radius 2 is 1.90 bits per heavy atom. The minimum absolute atomic E-state index is 0.0245. The Hall–Kier alpha value is -2.07. The van der Waals surface area contributed by atoms with Gasteiger partial charge in [0, 0.05) is 25.3 Å². The van der Waals surface area contributed by atoms with Crippen molar-refractivity contribution in [3.8, 4) is 0 Å². The first kappa shape index (κ1) is 15.3. The Balaban J connectivity index is 2.21. The maximum atomic E-state index is 12.6. The maximum Gasteiger partial charge on any atom is 0.270 e. The smallest absolute Gasteiger partial charge is 0.270 e. The normalized spacial score (nSPS) is 10.9. The molecule has 0 saturated heterocycles. The van der Waals surface area contributed by atoms with Crippen molar-refractivity contribution >= 4 is 5.91 Å². The molecule has 0 unspecified atom stereocenters. The van der Waals surface area contributed by atoms with Gasteiger partial charge >= 0.3 is 0 Å². The van der Waals surface area contributed by atoms with E-state index in [0.717, 1.165) is 5.56 Å². The Kier molecular flexibility index (Phi) is 5.17. The summed E-state index contributed by atoms with van der Waals surface area (Å²) in [6.45, 7) is 4.91. The molecule has 0 atom stereocenters. The number of hydrogen-bond acceptors (Lipinski definition) is 2. The summed E-state index contributed by atoms with van der Waals surface area (Å²) < 4.78 is 1.95. The van der Waals surface area contributed by atoms with Gasteiger partial charge in [-0.2, -0.15) is 0 Å². The second-order valence-electron chi connectivity index (χ2n) is 5.32. The van der Waals surface area contributed by atoms with Gasteiger partial charge in [-0.3, -0.25) is 4.79 Å². The molecule has 1 aromatic carbocycles. The lowest BCUT2D eigenvalue weighted by Gasteiger charge is -2.26. The first-order chi connectivity index (χ1) is 10.1. The molecule has 0 bridgehead atoms. The molecule has 4 nitrogen and oxygen atoms in total. The van der Waals surface area contributed by atoms with Crippen molar-refractivity contribution in [3.05, 3.63) is 59.9 Å². The molecule has 1 heterocycles. The summed E-state index contributed by atoms with van der Waals surface area (Å²) in [5, 5.41) is 9.14. The van der Waals surface area contributed by atoms with E-state index in [1.165, 1.54) is 0 Å². The molecule has 21 heavy (non-hydrogen) atoms. The minimum Gasteiger partial charge on any atom is -0.395 e. The molecule has 0 fully saturated rings. The molecule has 2 aromatic rings. The number of carbonyl (C=O) groups is 1. The number of nitrogens with zero attached hydrogens (tertiary/aromatic N) is 2. The molecule has 0 aliphatic heterocycles. The zero-order valence-electron chi connectivity index (χ0n) is 12.6. The number of benzene rings is 1. The third kappa shape index (κ3) is 3.73. The first-order valence-electron chi connectivity index (χ1n) is 7.24. The Bertz CT molecular complexity index is 575. The van der Waals surface area contributed by atoms with Gasteiger partial charge in [0.15, 0.2) is 0 Å². The molecule has 0 spiro atoms. The topological polar surface area (TPSA) is 45.5 Å². The standard InChI is InChI=1S/C17H22N2O2/c1-14(2)19(11-12-20)17(21)16-9-6-10-18(16)13-15-7-4-3-5-8-15/h3-10,14,20H,11-13H2,1-2H3. The molecular weight excluding hydrogens is 264 g/mol. The van der Waals surface area contributed by atoms with E-state index in [1.54, 1.807) is 4.90 Å². The lowest BCUT2D eigenvalue weighted by molar-refractivity contribution is 0.0655. The molecular formula is C17H22N2O2. The molecule has 0 saturated carbocycles. The van der Waals surface area contributed by atoms with Crippen LogP contribution in [0.1, 0.15) is 29.9 Å². The van der Waals surface area contributed by atoms with E-state index >= 15 is 0 Å². The molecule has 0 radical (unpaired) electrons. The van der Waals surface area contributed by atoms with Gasteiger partial charge in [-0.15, -0.1) is 0 Å². The van der Waals surface area contributed by atoms with Crippen LogP contribution >= 0.6 is 0 Å². The minimum atomic E-state index is -0.0417. The summed E-state index contributed by atoms with van der Waals surface area (Å²) in [5.74, 6) is -0.0417. The highest BCUT2D eigenvalue weighted by Crippen LogP contribution is 2.12. The zero-order valence-corrected chi connectivity index (χ0v) is 12.6. The van der Waals surface area contributed by atoms with Crippen molar-refractivity contribution in [2.45, 2.75) is 26.4 Å². The molecule has 112 valence electrons. The van der Waals surface area contributed by atoms with Gasteiger partial charge in [-0.25, -0.2) is 0 Å². The number of aromatic nitrogens is 1. The second-order valence-corrected chi connectivity index (χ2v) is 5.32. The lowest BCUT2D eigenvalue weighted by atomic mass is 10.2. The fourth-order valence-corrected chi connectivity index (χ4v) is 2.38. The zero-order chi connectivity index (χ0) is 15.2. The number of carbonyl (C=O) groups excluding carboxylic acids is 1. The molecule has 0 aliphatic rings. The van der Waals surface area contributed by atoms with E-state index in [9.17, 15) is 4.79 Å². The van der Waals surface area contributed by atoms with Crippen LogP contribution in [0.3, 0.4) is 0 Å². The van der Waals surface area contributed by atoms with Crippen molar-refractivity contribution in [1.82, 2.24) is 9.47 Å². The van der Waals surface area contributed by atoms with Gasteiger partial charge in [0.2, 0.25) is 0 Å². The Morgan fingerprint density at radius 3 is 2.52 bits per heavy atom. The highest BCUT2D eigenvalue weighted by atomic mass is 16.3. The van der Waals surface area contributed by atoms with E-state index in [4.69, 9.17) is 5.11 Å². The van der Waals surface area contributed by atoms with Gasteiger partial charge in [0.1, 0.15) is 5.69 Å². The van der Waals surface area contributed by atoms with Crippen LogP contribution < -0.4 is 0 Å². The number of rotatable bonds is 6. The summed E-state index contributed by atoms with van der Waals surface area (Å²) in [4.78, 5) is 14.3. The van der Waals surface area contributed by atoms with Gasteiger partial charge in [-0.1, -0.05) is 30.3 Å². The van der Waals surface area contributed by atoms with Crippen molar-refractivity contribution in [1.29, 1.82) is 0 Å². The third-order valence-corrected chi connectivity index (χ3v) is 3.47. The average Bonchev–Trinajstić information content (AvgIpc) is 2.93. The summed E-state index contributed by atoms with van der Waals surface area (Å²) in [7, 11) is 0. The first-order valence-corrected chi connectivity index (χ1v) is 7.24. The average molecular weight is 286 g/mol. The number of hydrogen-bond donors (Lipinski definition) is 1. The Morgan fingerprint density at radius 1 is 1.19 bits per heavy atom. The lowest BCUT2D eigenvalue weighted by Crippen LogP contribution is -2.39. The molecule has 4 heteroatoms. The predicted molar refractivity (Wildman–Crippen MR) is 83.2 cm³/mol. The van der Waals surface area contributed by atoms with E-state index in [1.807, 2.05) is 67.1 Å². The van der Waals surface area contributed by atoms with E-state index in [-0.39, 0.29) is 18.6 Å². The molecule has 1 aromatic heterocycles. The number of aliphatic hydroxyl groups is 1. The largest absolute Gasteiger partial charge is 0.395 e. The fraction of sp³-hybridized carbons (Fsp3) is 0.353. The monoisotopic (exact) mass is 286 g/mol. The van der Waals surface area contributed by atoms with Gasteiger partial charge in [0.05, 0.1) is 6.61 Å². The SMILES string of the molecule is CC(C)N(CCO)C(=O)c1cccn1Cc1ccccc1. The van der Waals surface area contributed by atoms with Crippen molar-refractivity contribution in [2.24, 2.45) is 0 Å². The predicted octanol–water partition coefficient (Wildman–Crippen LogP) is 2.38. The van der Waals surface area contributed by atoms with Crippen molar-refractivity contribution in [3.63, 3.8) is 0 Å². The molecule has 1 N–H and O–H groups in total. The summed E-state index contributed by atoms with van der Waals surface area (Å²) in [6, 6.07) is 13.8. The quantitative estimate of drug-likeness (QED) is 0.886. The van der Waals surface area contributed by atoms with Crippen LogP contribution in [0.15, 0.2) is 48.7 Å². The molecule has 0 aliphatic carbocycles. The van der Waals surface area contributed by atoms with Crippen LogP contribution in [0.4, 0.5) is 0 Å². The van der Waals surface area contributed by atoms with E-state index in [0.29, 0.717) is 18.8 Å². The third-order valence-electron chi connectivity index (χ3n) is 3.47. The van der Waals surface area contributed by atoms with Gasteiger partial charge in [0.25, 0.3) is 5.91 Å². The van der Waals surface area contributed by atoms with Crippen LogP contribution in [0, 0.1) is 0 Å². The second kappa shape index (κ2) is 7.09. The summed E-state index contributed by atoms with van der Waals surface area (Å²) in [6.07, 6.45) is 1.91. The van der Waals surface area contributed by atoms with E-state index < -0.39 is 0 Å². The van der Waals surface area contributed by atoms with Crippen molar-refractivity contribution < 1.29 is 9.90 Å². The highest BCUT2D eigenvalue weighted by Gasteiger charge is 2.20. The van der Waals surface area contributed by atoms with Crippen LogP contribution in [-0.4, -0.2) is 39.7 Å². The summed E-state index contributed by atoms with van der Waals surface area (Å²) >= 11 is 0. The van der Waals surface area contributed by atoms with Gasteiger partial charge in [-0.05, 0) is 31.5 Å². The van der Waals surface area contributed by atoms with Crippen LogP contribution in [-0.2, 0) is 6.54 Å².